The third kappa shape index (κ3) is 5.11. The summed E-state index contributed by atoms with van der Waals surface area (Å²) in [5.74, 6) is -1.74. The number of nitrogens with one attached hydrogen (secondary N) is 1. The van der Waals surface area contributed by atoms with Crippen molar-refractivity contribution in [1.82, 2.24) is 14.8 Å². The van der Waals surface area contributed by atoms with Crippen molar-refractivity contribution in [2.45, 2.75) is 6.54 Å². The summed E-state index contributed by atoms with van der Waals surface area (Å²) in [6.07, 6.45) is 3.03. The molecule has 27 heavy (non-hydrogen) atoms. The molecule has 1 aromatic heterocycles. The average Bonchev–Trinajstić information content (AvgIpc) is 3.16. The van der Waals surface area contributed by atoms with E-state index in [9.17, 15) is 14.0 Å². The number of halogens is 2. The molecule has 0 fully saturated rings. The summed E-state index contributed by atoms with van der Waals surface area (Å²) in [6, 6.07) is 10.3. The first-order valence-corrected chi connectivity index (χ1v) is 8.22. The van der Waals surface area contributed by atoms with Gasteiger partial charge in [0.15, 0.2) is 6.61 Å². The quantitative estimate of drug-likeness (QED) is 0.656. The molecule has 1 heterocycles. The van der Waals surface area contributed by atoms with Crippen LogP contribution in [0.15, 0.2) is 55.1 Å². The van der Waals surface area contributed by atoms with Crippen molar-refractivity contribution in [1.29, 1.82) is 0 Å². The van der Waals surface area contributed by atoms with Crippen LogP contribution in [0.4, 0.5) is 10.1 Å². The molecule has 0 unspecified atom stereocenters. The Bertz CT molecular complexity index is 946. The number of anilines is 1. The third-order valence-corrected chi connectivity index (χ3v) is 3.85. The van der Waals surface area contributed by atoms with Crippen LogP contribution in [0.25, 0.3) is 0 Å². The zero-order valence-corrected chi connectivity index (χ0v) is 14.7. The second-order valence-electron chi connectivity index (χ2n) is 5.54. The van der Waals surface area contributed by atoms with Gasteiger partial charge < -0.3 is 10.1 Å². The Labute approximate surface area is 158 Å². The van der Waals surface area contributed by atoms with Crippen LogP contribution in [0.3, 0.4) is 0 Å². The van der Waals surface area contributed by atoms with E-state index in [2.05, 4.69) is 15.4 Å². The maximum atomic E-state index is 13.0. The van der Waals surface area contributed by atoms with E-state index < -0.39 is 24.3 Å². The molecule has 0 radical (unpaired) electrons. The second kappa shape index (κ2) is 8.41. The summed E-state index contributed by atoms with van der Waals surface area (Å²) in [5.41, 5.74) is 1.47. The van der Waals surface area contributed by atoms with Gasteiger partial charge in [0.05, 0.1) is 22.8 Å². The summed E-state index contributed by atoms with van der Waals surface area (Å²) in [6.45, 7) is 0.0312. The maximum Gasteiger partial charge on any atom is 0.338 e. The van der Waals surface area contributed by atoms with Crippen LogP contribution in [0.5, 0.6) is 0 Å². The molecule has 9 heteroatoms. The van der Waals surface area contributed by atoms with Crippen molar-refractivity contribution in [3.63, 3.8) is 0 Å². The number of amides is 1. The first-order valence-electron chi connectivity index (χ1n) is 7.84. The van der Waals surface area contributed by atoms with Crippen LogP contribution in [-0.4, -0.2) is 33.2 Å². The molecule has 0 aliphatic rings. The van der Waals surface area contributed by atoms with Crippen molar-refractivity contribution in [2.75, 3.05) is 11.9 Å². The number of esters is 1. The van der Waals surface area contributed by atoms with Crippen molar-refractivity contribution in [3.8, 4) is 0 Å². The Morgan fingerprint density at radius 1 is 1.19 bits per heavy atom. The van der Waals surface area contributed by atoms with Gasteiger partial charge in [-0.05, 0) is 35.9 Å². The second-order valence-corrected chi connectivity index (χ2v) is 5.95. The zero-order chi connectivity index (χ0) is 19.2. The molecular weight excluding hydrogens is 375 g/mol. The monoisotopic (exact) mass is 388 g/mol. The van der Waals surface area contributed by atoms with Crippen LogP contribution in [-0.2, 0) is 16.1 Å². The highest BCUT2D eigenvalue weighted by Crippen LogP contribution is 2.22. The van der Waals surface area contributed by atoms with Gasteiger partial charge in [0, 0.05) is 0 Å². The number of aromatic nitrogens is 3. The van der Waals surface area contributed by atoms with Gasteiger partial charge >= 0.3 is 5.97 Å². The number of carbonyl (C=O) groups is 2. The summed E-state index contributed by atoms with van der Waals surface area (Å²) >= 11 is 5.83. The third-order valence-electron chi connectivity index (χ3n) is 3.54. The van der Waals surface area contributed by atoms with E-state index in [1.54, 1.807) is 35.3 Å². The largest absolute Gasteiger partial charge is 0.452 e. The molecule has 0 aliphatic carbocycles. The lowest BCUT2D eigenvalue weighted by Gasteiger charge is -2.08. The molecule has 1 N–H and O–H groups in total. The highest BCUT2D eigenvalue weighted by atomic mass is 35.5. The van der Waals surface area contributed by atoms with E-state index in [1.165, 1.54) is 12.4 Å². The Balaban J connectivity index is 1.51. The molecule has 2 aromatic carbocycles. The Morgan fingerprint density at radius 2 is 1.96 bits per heavy atom. The van der Waals surface area contributed by atoms with E-state index in [4.69, 9.17) is 16.3 Å². The molecule has 0 atom stereocenters. The number of carbonyl (C=O) groups excluding carboxylic acids is 2. The van der Waals surface area contributed by atoms with Crippen molar-refractivity contribution in [3.05, 3.63) is 77.1 Å². The highest BCUT2D eigenvalue weighted by Gasteiger charge is 2.12. The summed E-state index contributed by atoms with van der Waals surface area (Å²) in [7, 11) is 0. The lowest BCUT2D eigenvalue weighted by Crippen LogP contribution is -2.21. The van der Waals surface area contributed by atoms with Gasteiger partial charge in [0.25, 0.3) is 5.91 Å². The molecule has 0 bridgehead atoms. The van der Waals surface area contributed by atoms with Crippen molar-refractivity contribution in [2.24, 2.45) is 0 Å². The molecule has 0 saturated heterocycles. The first kappa shape index (κ1) is 18.5. The summed E-state index contributed by atoms with van der Waals surface area (Å²) < 4.78 is 19.6. The fourth-order valence-electron chi connectivity index (χ4n) is 2.24. The number of nitrogens with zero attached hydrogens (tertiary/aromatic N) is 3. The van der Waals surface area contributed by atoms with E-state index in [0.717, 1.165) is 17.7 Å². The van der Waals surface area contributed by atoms with Crippen LogP contribution in [0, 0.1) is 5.82 Å². The predicted molar refractivity (Wildman–Crippen MR) is 95.9 cm³/mol. The minimum Gasteiger partial charge on any atom is -0.452 e. The molecule has 0 saturated carbocycles. The first-order chi connectivity index (χ1) is 13.0. The molecule has 0 spiro atoms. The van der Waals surface area contributed by atoms with E-state index in [0.29, 0.717) is 12.1 Å². The fourth-order valence-corrected chi connectivity index (χ4v) is 2.45. The lowest BCUT2D eigenvalue weighted by molar-refractivity contribution is -0.119. The summed E-state index contributed by atoms with van der Waals surface area (Å²) in [4.78, 5) is 27.8. The molecule has 7 nitrogen and oxygen atoms in total. The topological polar surface area (TPSA) is 86.1 Å². The van der Waals surface area contributed by atoms with Gasteiger partial charge in [-0.15, -0.1) is 0 Å². The molecular formula is C18H14ClFN4O3. The number of hydrogen-bond donors (Lipinski definition) is 1. The van der Waals surface area contributed by atoms with Crippen LogP contribution in [0.2, 0.25) is 5.02 Å². The lowest BCUT2D eigenvalue weighted by atomic mass is 10.1. The normalized spacial score (nSPS) is 10.4. The molecule has 1 amide bonds. The number of hydrogen-bond acceptors (Lipinski definition) is 5. The maximum absolute atomic E-state index is 13.0. The molecule has 0 aliphatic heterocycles. The summed E-state index contributed by atoms with van der Waals surface area (Å²) in [5, 5.41) is 6.50. The van der Waals surface area contributed by atoms with Gasteiger partial charge in [0.2, 0.25) is 0 Å². The van der Waals surface area contributed by atoms with Gasteiger partial charge in [0.1, 0.15) is 18.5 Å². The van der Waals surface area contributed by atoms with Crippen LogP contribution < -0.4 is 5.32 Å². The number of benzene rings is 2. The Morgan fingerprint density at radius 3 is 2.63 bits per heavy atom. The van der Waals surface area contributed by atoms with Gasteiger partial charge in [-0.25, -0.2) is 18.9 Å². The van der Waals surface area contributed by atoms with E-state index in [-0.39, 0.29) is 10.7 Å². The minimum absolute atomic E-state index is 0.0534. The smallest absolute Gasteiger partial charge is 0.338 e. The fraction of sp³-hybridized carbons (Fsp3) is 0.111. The van der Waals surface area contributed by atoms with Gasteiger partial charge in [-0.1, -0.05) is 23.7 Å². The molecule has 3 aromatic rings. The van der Waals surface area contributed by atoms with Crippen LogP contribution >= 0.6 is 11.6 Å². The van der Waals surface area contributed by atoms with Gasteiger partial charge in [-0.3, -0.25) is 4.79 Å². The standard InChI is InChI=1S/C18H14ClFN4O3/c19-15-7-14(20)5-6-16(15)23-17(25)9-27-18(26)13-3-1-12(2-4-13)8-24-11-21-10-22-24/h1-7,10-11H,8-9H2,(H,23,25). The SMILES string of the molecule is O=C(COC(=O)c1ccc(Cn2cncn2)cc1)Nc1ccc(F)cc1Cl. The molecule has 138 valence electrons. The van der Waals surface area contributed by atoms with Crippen LogP contribution in [0.1, 0.15) is 15.9 Å². The van der Waals surface area contributed by atoms with Crippen molar-refractivity contribution >= 4 is 29.2 Å². The number of ether oxygens (including phenoxy) is 1. The van der Waals surface area contributed by atoms with E-state index in [1.807, 2.05) is 0 Å². The number of rotatable bonds is 6. The highest BCUT2D eigenvalue weighted by molar-refractivity contribution is 6.33. The van der Waals surface area contributed by atoms with E-state index >= 15 is 0 Å². The zero-order valence-electron chi connectivity index (χ0n) is 13.9. The predicted octanol–water partition coefficient (Wildman–Crippen LogP) is 2.91. The van der Waals surface area contributed by atoms with Crippen molar-refractivity contribution < 1.29 is 18.7 Å². The van der Waals surface area contributed by atoms with Gasteiger partial charge in [-0.2, -0.15) is 5.10 Å². The minimum atomic E-state index is -0.636. The Hall–Kier alpha value is -3.26. The molecule has 3 rings (SSSR count). The Kier molecular flexibility index (Phi) is 5.77. The average molecular weight is 389 g/mol.